The van der Waals surface area contributed by atoms with Gasteiger partial charge in [-0.2, -0.15) is 6.92 Å². The SMILES string of the molecule is C#C[CH2-].[Y+3]. The normalized spacial score (nSPS) is 1.75. The van der Waals surface area contributed by atoms with Gasteiger partial charge in [-0.3, -0.25) is 0 Å². The van der Waals surface area contributed by atoms with E-state index < -0.39 is 0 Å². The fraction of sp³-hybridized carbons (Fsp3) is 0. The minimum atomic E-state index is 0. The molecule has 0 heterocycles. The van der Waals surface area contributed by atoms with E-state index in [1.165, 1.54) is 0 Å². The third-order valence-corrected chi connectivity index (χ3v) is 0. The molecule has 0 unspecified atom stereocenters. The molecule has 4 heavy (non-hydrogen) atoms. The molecule has 0 aliphatic rings. The van der Waals surface area contributed by atoms with Gasteiger partial charge in [0.1, 0.15) is 0 Å². The molecule has 16 valence electrons. The summed E-state index contributed by atoms with van der Waals surface area (Å²) in [6, 6.07) is 0. The standard InChI is InChI=1S/C3H3.Y/c1-3-2;/h1H,2H2;/q-1;+3. The zero-order valence-electron chi connectivity index (χ0n) is 2.36. The third kappa shape index (κ3) is 20.9. The van der Waals surface area contributed by atoms with Crippen molar-refractivity contribution < 1.29 is 32.7 Å². The van der Waals surface area contributed by atoms with Crippen LogP contribution in [0.3, 0.4) is 0 Å². The third-order valence-electron chi connectivity index (χ3n) is 0. The molecule has 0 atom stereocenters. The van der Waals surface area contributed by atoms with Crippen LogP contribution in [-0.2, 0) is 32.7 Å². The second kappa shape index (κ2) is 9.64. The molecule has 0 aromatic rings. The summed E-state index contributed by atoms with van der Waals surface area (Å²) in [7, 11) is 0. The second-order valence-corrected chi connectivity index (χ2v) is 0.204. The summed E-state index contributed by atoms with van der Waals surface area (Å²) in [6.45, 7) is 3.01. The van der Waals surface area contributed by atoms with E-state index >= 15 is 0 Å². The summed E-state index contributed by atoms with van der Waals surface area (Å²) in [5.41, 5.74) is 0. The summed E-state index contributed by atoms with van der Waals surface area (Å²) >= 11 is 0. The molecule has 0 aromatic heterocycles. The predicted molar refractivity (Wildman–Crippen MR) is 14.2 cm³/mol. The van der Waals surface area contributed by atoms with Crippen LogP contribution in [0.2, 0.25) is 0 Å². The van der Waals surface area contributed by atoms with Crippen LogP contribution in [0.25, 0.3) is 0 Å². The Kier molecular flexibility index (Phi) is 21.3. The summed E-state index contributed by atoms with van der Waals surface area (Å²) in [5, 5.41) is 0. The molecule has 0 saturated heterocycles. The van der Waals surface area contributed by atoms with E-state index in [1.54, 1.807) is 0 Å². The predicted octanol–water partition coefficient (Wildman–Crippen LogP) is 0.451. The van der Waals surface area contributed by atoms with Gasteiger partial charge in [0.25, 0.3) is 0 Å². The fourth-order valence-corrected chi connectivity index (χ4v) is 0. The van der Waals surface area contributed by atoms with E-state index in [-0.39, 0.29) is 32.7 Å². The summed E-state index contributed by atoms with van der Waals surface area (Å²) in [4.78, 5) is 0. The zero-order chi connectivity index (χ0) is 2.71. The van der Waals surface area contributed by atoms with E-state index in [2.05, 4.69) is 13.3 Å². The first kappa shape index (κ1) is 8.82. The second-order valence-electron chi connectivity index (χ2n) is 0.204. The Hall–Kier alpha value is 0.534. The van der Waals surface area contributed by atoms with Crippen molar-refractivity contribution in [3.8, 4) is 12.3 Å². The molecule has 0 nitrogen and oxygen atoms in total. The Morgan fingerprint density at radius 3 is 1.75 bits per heavy atom. The summed E-state index contributed by atoms with van der Waals surface area (Å²) < 4.78 is 0. The molecule has 0 N–H and O–H groups in total. The van der Waals surface area contributed by atoms with E-state index in [9.17, 15) is 0 Å². The average Bonchev–Trinajstić information content (AvgIpc) is 0.918. The molecule has 0 radical (unpaired) electrons. The molecule has 0 amide bonds. The number of rotatable bonds is 0. The van der Waals surface area contributed by atoms with Gasteiger partial charge in [-0.05, 0) is 0 Å². The molecule has 0 rings (SSSR count). The van der Waals surface area contributed by atoms with Gasteiger partial charge < -0.3 is 12.3 Å². The Morgan fingerprint density at radius 2 is 1.75 bits per heavy atom. The van der Waals surface area contributed by atoms with Gasteiger partial charge in [0.15, 0.2) is 0 Å². The van der Waals surface area contributed by atoms with Crippen molar-refractivity contribution in [2.45, 2.75) is 0 Å². The van der Waals surface area contributed by atoms with E-state index in [0.717, 1.165) is 0 Å². The van der Waals surface area contributed by atoms with Gasteiger partial charge in [0.05, 0.1) is 0 Å². The van der Waals surface area contributed by atoms with E-state index in [0.29, 0.717) is 0 Å². The average molecular weight is 128 g/mol. The van der Waals surface area contributed by atoms with Crippen LogP contribution >= 0.6 is 0 Å². The minimum Gasteiger partial charge on any atom is -0.345 e. The fourth-order valence-electron chi connectivity index (χ4n) is 0. The van der Waals surface area contributed by atoms with Crippen LogP contribution in [0.4, 0.5) is 0 Å². The largest absolute Gasteiger partial charge is 3.00 e. The number of hydrogen-bond donors (Lipinski definition) is 0. The van der Waals surface area contributed by atoms with Gasteiger partial charge in [-0.25, -0.2) is 0 Å². The van der Waals surface area contributed by atoms with Crippen LogP contribution in [0.5, 0.6) is 0 Å². The van der Waals surface area contributed by atoms with Crippen LogP contribution in [0.1, 0.15) is 0 Å². The van der Waals surface area contributed by atoms with Crippen molar-refractivity contribution in [2.24, 2.45) is 0 Å². The topological polar surface area (TPSA) is 0 Å². The smallest absolute Gasteiger partial charge is 0.345 e. The minimum absolute atomic E-state index is 0. The molecular weight excluding hydrogens is 125 g/mol. The van der Waals surface area contributed by atoms with Crippen molar-refractivity contribution in [3.63, 3.8) is 0 Å². The van der Waals surface area contributed by atoms with Gasteiger partial charge in [-0.15, -0.1) is 0 Å². The van der Waals surface area contributed by atoms with E-state index in [4.69, 9.17) is 0 Å². The van der Waals surface area contributed by atoms with Gasteiger partial charge in [0.2, 0.25) is 0 Å². The zero-order valence-corrected chi connectivity index (χ0v) is 5.20. The van der Waals surface area contributed by atoms with Gasteiger partial charge in [0, 0.05) is 0 Å². The summed E-state index contributed by atoms with van der Waals surface area (Å²) in [5.74, 6) is 2.00. The molecular formula is C3H3Y+2. The van der Waals surface area contributed by atoms with Crippen LogP contribution in [0, 0.1) is 19.3 Å². The maximum atomic E-state index is 4.49. The van der Waals surface area contributed by atoms with Crippen molar-refractivity contribution in [2.75, 3.05) is 0 Å². The molecule has 0 aliphatic heterocycles. The number of hydrogen-bond acceptors (Lipinski definition) is 0. The van der Waals surface area contributed by atoms with Crippen molar-refractivity contribution >= 4 is 0 Å². The molecule has 0 bridgehead atoms. The summed E-state index contributed by atoms with van der Waals surface area (Å²) in [6.07, 6.45) is 4.49. The first-order valence-corrected chi connectivity index (χ1v) is 0.642. The number of terminal acetylenes is 1. The van der Waals surface area contributed by atoms with Crippen molar-refractivity contribution in [1.29, 1.82) is 0 Å². The van der Waals surface area contributed by atoms with Crippen molar-refractivity contribution in [1.82, 2.24) is 0 Å². The van der Waals surface area contributed by atoms with Gasteiger partial charge >= 0.3 is 32.7 Å². The molecule has 0 spiro atoms. The van der Waals surface area contributed by atoms with Crippen LogP contribution in [-0.4, -0.2) is 0 Å². The Morgan fingerprint density at radius 1 is 1.75 bits per heavy atom. The van der Waals surface area contributed by atoms with Crippen molar-refractivity contribution in [3.05, 3.63) is 6.92 Å². The monoisotopic (exact) mass is 128 g/mol. The Balaban J connectivity index is 0. The van der Waals surface area contributed by atoms with Gasteiger partial charge in [-0.1, -0.05) is 0 Å². The quantitative estimate of drug-likeness (QED) is 0.328. The van der Waals surface area contributed by atoms with Crippen LogP contribution in [0.15, 0.2) is 0 Å². The Labute approximate surface area is 51.9 Å². The molecule has 0 fully saturated rings. The molecule has 0 saturated carbocycles. The first-order valence-electron chi connectivity index (χ1n) is 0.642. The van der Waals surface area contributed by atoms with Crippen LogP contribution < -0.4 is 0 Å². The first-order chi connectivity index (χ1) is 1.41. The Bertz CT molecular complexity index is 24.8. The maximum Gasteiger partial charge on any atom is 3.00 e. The maximum absolute atomic E-state index is 4.49. The molecule has 0 aliphatic carbocycles. The van der Waals surface area contributed by atoms with E-state index in [1.807, 2.05) is 5.92 Å². The molecule has 0 aromatic carbocycles. The molecule has 1 heteroatoms.